The van der Waals surface area contributed by atoms with E-state index in [1.54, 1.807) is 18.7 Å². The smallest absolute Gasteiger partial charge is 0.325 e. The number of hydrogen-bond acceptors (Lipinski definition) is 4. The van der Waals surface area contributed by atoms with Crippen LogP contribution in [0.2, 0.25) is 0 Å². The standard InChI is InChI=1S/C9H15ClO2S2/c1-7(10)8(11)12-9(2)6-13-4-3-5-14-9/h7H,3-6H2,1-2H3. The van der Waals surface area contributed by atoms with Gasteiger partial charge in [0.15, 0.2) is 4.93 Å². The van der Waals surface area contributed by atoms with Crippen LogP contribution >= 0.6 is 35.1 Å². The molecule has 0 aromatic carbocycles. The average molecular weight is 255 g/mol. The highest BCUT2D eigenvalue weighted by Gasteiger charge is 2.32. The number of ether oxygens (including phenoxy) is 1. The van der Waals surface area contributed by atoms with Gasteiger partial charge in [0, 0.05) is 5.75 Å². The summed E-state index contributed by atoms with van der Waals surface area (Å²) in [6.07, 6.45) is 1.18. The topological polar surface area (TPSA) is 26.3 Å². The Hall–Kier alpha value is 0.460. The van der Waals surface area contributed by atoms with Crippen molar-refractivity contribution >= 4 is 41.1 Å². The van der Waals surface area contributed by atoms with Crippen molar-refractivity contribution < 1.29 is 9.53 Å². The lowest BCUT2D eigenvalue weighted by Crippen LogP contribution is -2.33. The normalized spacial score (nSPS) is 30.5. The predicted octanol–water partition coefficient (Wildman–Crippen LogP) is 2.74. The fraction of sp³-hybridized carbons (Fsp3) is 0.889. The van der Waals surface area contributed by atoms with E-state index in [9.17, 15) is 4.79 Å². The summed E-state index contributed by atoms with van der Waals surface area (Å²) in [5.41, 5.74) is 0. The van der Waals surface area contributed by atoms with Crippen molar-refractivity contribution in [3.63, 3.8) is 0 Å². The Morgan fingerprint density at radius 1 is 1.57 bits per heavy atom. The molecule has 1 rings (SSSR count). The first-order chi connectivity index (χ1) is 6.53. The van der Waals surface area contributed by atoms with Gasteiger partial charge < -0.3 is 4.74 Å². The zero-order chi connectivity index (χ0) is 10.6. The highest BCUT2D eigenvalue weighted by Crippen LogP contribution is 2.34. The Morgan fingerprint density at radius 2 is 2.29 bits per heavy atom. The molecule has 2 nitrogen and oxygen atoms in total. The number of rotatable bonds is 2. The van der Waals surface area contributed by atoms with E-state index >= 15 is 0 Å². The number of esters is 1. The summed E-state index contributed by atoms with van der Waals surface area (Å²) in [6.45, 7) is 3.61. The number of thioether (sulfide) groups is 2. The lowest BCUT2D eigenvalue weighted by molar-refractivity contribution is -0.148. The van der Waals surface area contributed by atoms with Crippen LogP contribution in [0.25, 0.3) is 0 Å². The zero-order valence-corrected chi connectivity index (χ0v) is 10.8. The van der Waals surface area contributed by atoms with Gasteiger partial charge in [0.25, 0.3) is 0 Å². The van der Waals surface area contributed by atoms with E-state index in [1.807, 2.05) is 18.7 Å². The Morgan fingerprint density at radius 3 is 2.93 bits per heavy atom. The second-order valence-corrected chi connectivity index (χ2v) is 6.75. The van der Waals surface area contributed by atoms with Crippen LogP contribution in [0.3, 0.4) is 0 Å². The summed E-state index contributed by atoms with van der Waals surface area (Å²) in [5, 5.41) is -0.555. The monoisotopic (exact) mass is 254 g/mol. The van der Waals surface area contributed by atoms with Crippen molar-refractivity contribution in [2.45, 2.75) is 30.6 Å². The van der Waals surface area contributed by atoms with Crippen molar-refractivity contribution in [2.75, 3.05) is 17.3 Å². The summed E-state index contributed by atoms with van der Waals surface area (Å²) < 4.78 is 5.39. The molecule has 82 valence electrons. The van der Waals surface area contributed by atoms with Gasteiger partial charge >= 0.3 is 5.97 Å². The first-order valence-corrected chi connectivity index (χ1v) is 7.20. The molecule has 0 N–H and O–H groups in total. The van der Waals surface area contributed by atoms with E-state index < -0.39 is 5.38 Å². The zero-order valence-electron chi connectivity index (χ0n) is 8.42. The molecule has 2 atom stereocenters. The van der Waals surface area contributed by atoms with Gasteiger partial charge in [0.05, 0.1) is 0 Å². The molecule has 1 heterocycles. The van der Waals surface area contributed by atoms with Gasteiger partial charge in [0.2, 0.25) is 0 Å². The highest BCUT2D eigenvalue weighted by molar-refractivity contribution is 8.04. The average Bonchev–Trinajstić information content (AvgIpc) is 2.30. The van der Waals surface area contributed by atoms with Gasteiger partial charge in [-0.2, -0.15) is 11.8 Å². The van der Waals surface area contributed by atoms with Gasteiger partial charge in [-0.05, 0) is 31.8 Å². The molecule has 14 heavy (non-hydrogen) atoms. The Balaban J connectivity index is 2.50. The largest absolute Gasteiger partial charge is 0.446 e. The second kappa shape index (κ2) is 5.52. The summed E-state index contributed by atoms with van der Waals surface area (Å²) in [4.78, 5) is 11.0. The molecular formula is C9H15ClO2S2. The lowest BCUT2D eigenvalue weighted by atomic mass is 10.4. The molecule has 0 aromatic heterocycles. The molecule has 0 radical (unpaired) electrons. The Bertz CT molecular complexity index is 201. The molecule has 0 amide bonds. The highest BCUT2D eigenvalue weighted by atomic mass is 35.5. The quantitative estimate of drug-likeness (QED) is 0.559. The van der Waals surface area contributed by atoms with E-state index in [0.29, 0.717) is 0 Å². The molecule has 2 unspecified atom stereocenters. The summed E-state index contributed by atoms with van der Waals surface area (Å²) in [7, 11) is 0. The summed E-state index contributed by atoms with van der Waals surface area (Å²) >= 11 is 9.20. The third kappa shape index (κ3) is 3.91. The molecule has 1 saturated heterocycles. The van der Waals surface area contributed by atoms with Crippen LogP contribution in [0.15, 0.2) is 0 Å². The minimum Gasteiger partial charge on any atom is -0.446 e. The van der Waals surface area contributed by atoms with Crippen LogP contribution in [-0.2, 0) is 9.53 Å². The lowest BCUT2D eigenvalue weighted by Gasteiger charge is -2.27. The van der Waals surface area contributed by atoms with Crippen LogP contribution in [0.4, 0.5) is 0 Å². The molecule has 0 aliphatic carbocycles. The summed E-state index contributed by atoms with van der Waals surface area (Å²) in [6, 6.07) is 0. The van der Waals surface area contributed by atoms with Crippen molar-refractivity contribution in [1.82, 2.24) is 0 Å². The second-order valence-electron chi connectivity index (χ2n) is 3.43. The van der Waals surface area contributed by atoms with E-state index in [2.05, 4.69) is 0 Å². The molecule has 1 aliphatic rings. The number of carbonyl (C=O) groups excluding carboxylic acids is 1. The number of alkyl halides is 1. The van der Waals surface area contributed by atoms with E-state index in [0.717, 1.165) is 17.3 Å². The molecule has 0 spiro atoms. The van der Waals surface area contributed by atoms with E-state index in [1.165, 1.54) is 6.42 Å². The first kappa shape index (κ1) is 12.5. The van der Waals surface area contributed by atoms with Gasteiger partial charge in [0.1, 0.15) is 5.38 Å². The summed E-state index contributed by atoms with van der Waals surface area (Å²) in [5.74, 6) is 2.74. The number of carbonyl (C=O) groups is 1. The first-order valence-electron chi connectivity index (χ1n) is 4.62. The van der Waals surface area contributed by atoms with Gasteiger partial charge in [-0.3, -0.25) is 4.79 Å². The minimum absolute atomic E-state index is 0.316. The molecule has 0 bridgehead atoms. The Labute approximate surface area is 98.5 Å². The fourth-order valence-corrected chi connectivity index (χ4v) is 3.70. The van der Waals surface area contributed by atoms with Gasteiger partial charge in [-0.25, -0.2) is 0 Å². The molecule has 5 heteroatoms. The molecule has 1 aliphatic heterocycles. The molecule has 1 fully saturated rings. The molecule has 0 aromatic rings. The van der Waals surface area contributed by atoms with Crippen LogP contribution < -0.4 is 0 Å². The maximum Gasteiger partial charge on any atom is 0.325 e. The van der Waals surface area contributed by atoms with Gasteiger partial charge in [-0.15, -0.1) is 23.4 Å². The van der Waals surface area contributed by atoms with Crippen molar-refractivity contribution in [2.24, 2.45) is 0 Å². The Kier molecular flexibility index (Phi) is 4.94. The maximum atomic E-state index is 11.4. The van der Waals surface area contributed by atoms with E-state index in [-0.39, 0.29) is 10.9 Å². The van der Waals surface area contributed by atoms with Crippen molar-refractivity contribution in [3.8, 4) is 0 Å². The predicted molar refractivity (Wildman–Crippen MR) is 64.2 cm³/mol. The van der Waals surface area contributed by atoms with Crippen LogP contribution in [0.5, 0.6) is 0 Å². The number of hydrogen-bond donors (Lipinski definition) is 0. The minimum atomic E-state index is -0.555. The number of halogens is 1. The van der Waals surface area contributed by atoms with Crippen molar-refractivity contribution in [1.29, 1.82) is 0 Å². The van der Waals surface area contributed by atoms with Crippen LogP contribution in [0, 0.1) is 0 Å². The van der Waals surface area contributed by atoms with E-state index in [4.69, 9.17) is 16.3 Å². The van der Waals surface area contributed by atoms with Crippen LogP contribution in [-0.4, -0.2) is 33.5 Å². The molecular weight excluding hydrogens is 240 g/mol. The fourth-order valence-electron chi connectivity index (χ4n) is 1.10. The third-order valence-corrected chi connectivity index (χ3v) is 4.87. The SMILES string of the molecule is CC(Cl)C(=O)OC1(C)CSCCCS1. The van der Waals surface area contributed by atoms with Gasteiger partial charge in [-0.1, -0.05) is 0 Å². The maximum absolute atomic E-state index is 11.4. The third-order valence-electron chi connectivity index (χ3n) is 1.85. The van der Waals surface area contributed by atoms with Crippen LogP contribution in [0.1, 0.15) is 20.3 Å². The van der Waals surface area contributed by atoms with Crippen molar-refractivity contribution in [3.05, 3.63) is 0 Å². The molecule has 0 saturated carbocycles.